The maximum absolute atomic E-state index is 11.3. The van der Waals surface area contributed by atoms with E-state index in [-0.39, 0.29) is 16.3 Å². The zero-order valence-electron chi connectivity index (χ0n) is 10.6. The molecule has 1 aromatic heterocycles. The number of amides is 1. The number of aromatic nitrogens is 1. The lowest BCUT2D eigenvalue weighted by Crippen LogP contribution is -2.12. The van der Waals surface area contributed by atoms with Gasteiger partial charge in [-0.15, -0.1) is 0 Å². The molecule has 0 radical (unpaired) electrons. The number of pyridine rings is 1. The first-order chi connectivity index (χ1) is 9.38. The number of nitrogens with two attached hydrogens (primary N) is 1. The van der Waals surface area contributed by atoms with Crippen LogP contribution >= 0.6 is 0 Å². The van der Waals surface area contributed by atoms with Crippen LogP contribution < -0.4 is 10.5 Å². The van der Waals surface area contributed by atoms with Crippen molar-refractivity contribution in [3.05, 3.63) is 48.2 Å². The predicted molar refractivity (Wildman–Crippen MR) is 72.4 cm³/mol. The second-order valence-electron chi connectivity index (χ2n) is 4.07. The van der Waals surface area contributed by atoms with Gasteiger partial charge in [-0.05, 0) is 24.3 Å². The maximum Gasteiger partial charge on any atom is 0.252 e. The van der Waals surface area contributed by atoms with Gasteiger partial charge in [0, 0.05) is 6.26 Å². The van der Waals surface area contributed by atoms with Crippen LogP contribution in [-0.2, 0) is 9.84 Å². The maximum atomic E-state index is 11.3. The smallest absolute Gasteiger partial charge is 0.252 e. The first kappa shape index (κ1) is 14.0. The Morgan fingerprint density at radius 3 is 2.45 bits per heavy atom. The monoisotopic (exact) mass is 292 g/mol. The Morgan fingerprint density at radius 1 is 1.20 bits per heavy atom. The molecule has 1 aromatic carbocycles. The van der Waals surface area contributed by atoms with Crippen LogP contribution in [0.1, 0.15) is 10.4 Å². The predicted octanol–water partition coefficient (Wildman–Crippen LogP) is 1.38. The number of hydrogen-bond acceptors (Lipinski definition) is 5. The van der Waals surface area contributed by atoms with Crippen LogP contribution in [0.3, 0.4) is 0 Å². The Labute approximate surface area is 116 Å². The lowest BCUT2D eigenvalue weighted by molar-refractivity contribution is 0.0998. The Balaban J connectivity index is 2.30. The largest absolute Gasteiger partial charge is 0.455 e. The summed E-state index contributed by atoms with van der Waals surface area (Å²) in [6.45, 7) is 0. The number of nitrogens with zero attached hydrogens (tertiary/aromatic N) is 1. The van der Waals surface area contributed by atoms with Crippen molar-refractivity contribution in [3.8, 4) is 11.5 Å². The molecule has 0 unspecified atom stereocenters. The summed E-state index contributed by atoms with van der Waals surface area (Å²) in [5.41, 5.74) is 5.47. The number of primary amides is 1. The van der Waals surface area contributed by atoms with E-state index in [0.29, 0.717) is 5.75 Å². The fourth-order valence-electron chi connectivity index (χ4n) is 1.53. The third-order valence-corrected chi connectivity index (χ3v) is 3.47. The highest BCUT2D eigenvalue weighted by molar-refractivity contribution is 7.90. The minimum absolute atomic E-state index is 0.0481. The third kappa shape index (κ3) is 3.12. The topological polar surface area (TPSA) is 99.4 Å². The molecule has 0 saturated heterocycles. The van der Waals surface area contributed by atoms with Crippen LogP contribution in [0.25, 0.3) is 0 Å². The number of carbonyl (C=O) groups excluding carboxylic acids is 1. The molecule has 1 heterocycles. The van der Waals surface area contributed by atoms with E-state index in [1.165, 1.54) is 24.4 Å². The van der Waals surface area contributed by atoms with E-state index in [2.05, 4.69) is 4.98 Å². The summed E-state index contributed by atoms with van der Waals surface area (Å²) in [5, 5.41) is -0.0481. The van der Waals surface area contributed by atoms with E-state index in [4.69, 9.17) is 10.5 Å². The Morgan fingerprint density at radius 2 is 1.90 bits per heavy atom. The number of rotatable bonds is 4. The van der Waals surface area contributed by atoms with Crippen LogP contribution in [0.15, 0.2) is 47.6 Å². The molecular weight excluding hydrogens is 280 g/mol. The summed E-state index contributed by atoms with van der Waals surface area (Å²) in [6.07, 6.45) is 2.34. The van der Waals surface area contributed by atoms with E-state index >= 15 is 0 Å². The Hall–Kier alpha value is -2.41. The van der Waals surface area contributed by atoms with E-state index < -0.39 is 15.7 Å². The normalized spacial score (nSPS) is 11.1. The van der Waals surface area contributed by atoms with Gasteiger partial charge >= 0.3 is 0 Å². The van der Waals surface area contributed by atoms with E-state index in [1.54, 1.807) is 18.2 Å². The second kappa shape index (κ2) is 5.30. The molecular formula is C13H12N2O4S. The average Bonchev–Trinajstić information content (AvgIpc) is 2.38. The molecule has 2 N–H and O–H groups in total. The van der Waals surface area contributed by atoms with E-state index in [0.717, 1.165) is 6.26 Å². The summed E-state index contributed by atoms with van der Waals surface area (Å²) in [4.78, 5) is 15.0. The lowest BCUT2D eigenvalue weighted by atomic mass is 10.2. The standard InChI is InChI=1S/C13H12N2O4S/c1-20(17,18)12-7-6-9(8-15-12)19-11-5-3-2-4-10(11)13(14)16/h2-8H,1H3,(H2,14,16). The molecule has 6 nitrogen and oxygen atoms in total. The molecule has 0 spiro atoms. The molecule has 0 bridgehead atoms. The molecule has 0 aliphatic heterocycles. The van der Waals surface area contributed by atoms with Crippen molar-refractivity contribution in [2.45, 2.75) is 5.03 Å². The van der Waals surface area contributed by atoms with Gasteiger partial charge in [0.2, 0.25) is 0 Å². The van der Waals surface area contributed by atoms with Crippen molar-refractivity contribution in [1.29, 1.82) is 0 Å². The first-order valence-corrected chi connectivity index (χ1v) is 7.50. The van der Waals surface area contributed by atoms with Crippen molar-refractivity contribution in [2.24, 2.45) is 5.73 Å². The molecule has 7 heteroatoms. The molecule has 104 valence electrons. The SMILES string of the molecule is CS(=O)(=O)c1ccc(Oc2ccccc2C(N)=O)cn1. The van der Waals surface area contributed by atoms with Crippen molar-refractivity contribution in [1.82, 2.24) is 4.98 Å². The first-order valence-electron chi connectivity index (χ1n) is 5.61. The number of hydrogen-bond donors (Lipinski definition) is 1. The van der Waals surface area contributed by atoms with Gasteiger partial charge in [0.05, 0.1) is 11.8 Å². The molecule has 2 rings (SSSR count). The number of para-hydroxylation sites is 1. The highest BCUT2D eigenvalue weighted by Crippen LogP contribution is 2.24. The fourth-order valence-corrected chi connectivity index (χ4v) is 2.09. The molecule has 0 aliphatic carbocycles. The van der Waals surface area contributed by atoms with Crippen molar-refractivity contribution >= 4 is 15.7 Å². The zero-order chi connectivity index (χ0) is 14.8. The van der Waals surface area contributed by atoms with Crippen LogP contribution in [0, 0.1) is 0 Å². The summed E-state index contributed by atoms with van der Waals surface area (Å²) in [6, 6.07) is 9.28. The minimum atomic E-state index is -3.35. The van der Waals surface area contributed by atoms with Crippen LogP contribution in [-0.4, -0.2) is 25.6 Å². The fraction of sp³-hybridized carbons (Fsp3) is 0.0769. The van der Waals surface area contributed by atoms with Gasteiger partial charge in [-0.2, -0.15) is 0 Å². The van der Waals surface area contributed by atoms with Gasteiger partial charge in [-0.1, -0.05) is 12.1 Å². The summed E-state index contributed by atoms with van der Waals surface area (Å²) in [7, 11) is -3.35. The van der Waals surface area contributed by atoms with Gasteiger partial charge in [0.15, 0.2) is 14.9 Å². The molecule has 0 atom stereocenters. The van der Waals surface area contributed by atoms with E-state index in [1.807, 2.05) is 0 Å². The number of sulfone groups is 1. The highest BCUT2D eigenvalue weighted by atomic mass is 32.2. The van der Waals surface area contributed by atoms with E-state index in [9.17, 15) is 13.2 Å². The molecule has 2 aromatic rings. The highest BCUT2D eigenvalue weighted by Gasteiger charge is 2.11. The van der Waals surface area contributed by atoms with Gasteiger partial charge in [0.1, 0.15) is 11.5 Å². The summed E-state index contributed by atoms with van der Waals surface area (Å²) < 4.78 is 28.0. The number of benzene rings is 1. The van der Waals surface area contributed by atoms with Gasteiger partial charge < -0.3 is 10.5 Å². The van der Waals surface area contributed by atoms with Crippen molar-refractivity contribution in [3.63, 3.8) is 0 Å². The number of carbonyl (C=O) groups is 1. The summed E-state index contributed by atoms with van der Waals surface area (Å²) >= 11 is 0. The van der Waals surface area contributed by atoms with Crippen molar-refractivity contribution < 1.29 is 17.9 Å². The molecule has 0 aliphatic rings. The third-order valence-electron chi connectivity index (χ3n) is 2.47. The lowest BCUT2D eigenvalue weighted by Gasteiger charge is -2.08. The molecule has 1 amide bonds. The Kier molecular flexibility index (Phi) is 3.71. The quantitative estimate of drug-likeness (QED) is 0.917. The summed E-state index contributed by atoms with van der Waals surface area (Å²) in [5.74, 6) is -0.0127. The van der Waals surface area contributed by atoms with Gasteiger partial charge in [0.25, 0.3) is 5.91 Å². The van der Waals surface area contributed by atoms with Crippen molar-refractivity contribution in [2.75, 3.05) is 6.26 Å². The van der Waals surface area contributed by atoms with Gasteiger partial charge in [-0.3, -0.25) is 4.79 Å². The number of ether oxygens (including phenoxy) is 1. The van der Waals surface area contributed by atoms with Crippen LogP contribution in [0.5, 0.6) is 11.5 Å². The van der Waals surface area contributed by atoms with Crippen LogP contribution in [0.2, 0.25) is 0 Å². The average molecular weight is 292 g/mol. The molecule has 0 saturated carbocycles. The molecule has 0 fully saturated rings. The van der Waals surface area contributed by atoms with Gasteiger partial charge in [-0.25, -0.2) is 13.4 Å². The van der Waals surface area contributed by atoms with Crippen LogP contribution in [0.4, 0.5) is 0 Å². The minimum Gasteiger partial charge on any atom is -0.455 e. The molecule has 20 heavy (non-hydrogen) atoms. The second-order valence-corrected chi connectivity index (χ2v) is 6.03. The Bertz CT molecular complexity index is 739. The zero-order valence-corrected chi connectivity index (χ0v) is 11.4.